The number of allylic oxidation sites excluding steroid dienone is 2. The Hall–Kier alpha value is -0.760. The van der Waals surface area contributed by atoms with Crippen LogP contribution in [0.2, 0.25) is 0 Å². The Morgan fingerprint density at radius 2 is 2.42 bits per heavy atom. The van der Waals surface area contributed by atoms with E-state index in [-0.39, 0.29) is 0 Å². The quantitative estimate of drug-likeness (QED) is 0.639. The molecule has 0 bridgehead atoms. The van der Waals surface area contributed by atoms with Crippen molar-refractivity contribution in [3.63, 3.8) is 0 Å². The molecule has 0 aromatic rings. The first-order chi connectivity index (χ1) is 5.70. The van der Waals surface area contributed by atoms with E-state index in [1.54, 1.807) is 6.08 Å². The highest BCUT2D eigenvalue weighted by molar-refractivity contribution is 5.13. The summed E-state index contributed by atoms with van der Waals surface area (Å²) in [5, 5.41) is 9.57. The highest BCUT2D eigenvalue weighted by Crippen LogP contribution is 2.15. The molecule has 12 heavy (non-hydrogen) atoms. The van der Waals surface area contributed by atoms with E-state index in [9.17, 15) is 5.11 Å². The van der Waals surface area contributed by atoms with E-state index in [1.807, 2.05) is 19.9 Å². The van der Waals surface area contributed by atoms with E-state index >= 15 is 0 Å². The van der Waals surface area contributed by atoms with Gasteiger partial charge in [0.25, 0.3) is 0 Å². The molecule has 68 valence electrons. The topological polar surface area (TPSA) is 29.5 Å². The molecule has 0 aromatic carbocycles. The monoisotopic (exact) mass is 168 g/mol. The summed E-state index contributed by atoms with van der Waals surface area (Å²) in [4.78, 5) is 0. The number of hydrogen-bond donors (Lipinski definition) is 1. The summed E-state index contributed by atoms with van der Waals surface area (Å²) in [5.74, 6) is 0.711. The van der Waals surface area contributed by atoms with Crippen LogP contribution < -0.4 is 0 Å². The maximum atomic E-state index is 9.57. The molecular formula is C10H16O2. The molecular weight excluding hydrogens is 152 g/mol. The van der Waals surface area contributed by atoms with E-state index in [0.717, 1.165) is 25.0 Å². The average molecular weight is 168 g/mol. The summed E-state index contributed by atoms with van der Waals surface area (Å²) in [6.45, 7) is 4.67. The molecule has 2 nitrogen and oxygen atoms in total. The molecule has 1 rings (SSSR count). The summed E-state index contributed by atoms with van der Waals surface area (Å²) in [6.07, 6.45) is 5.30. The zero-order valence-electron chi connectivity index (χ0n) is 7.71. The Labute approximate surface area is 73.5 Å². The second kappa shape index (κ2) is 4.31. The van der Waals surface area contributed by atoms with Gasteiger partial charge in [0.1, 0.15) is 11.9 Å². The normalized spacial score (nSPS) is 19.1. The molecule has 2 heteroatoms. The first-order valence-electron chi connectivity index (χ1n) is 4.36. The lowest BCUT2D eigenvalue weighted by Gasteiger charge is -2.17. The number of ether oxygens (including phenoxy) is 1. The zero-order chi connectivity index (χ0) is 8.97. The lowest BCUT2D eigenvalue weighted by atomic mass is 10.1. The van der Waals surface area contributed by atoms with Crippen LogP contribution in [0.4, 0.5) is 0 Å². The van der Waals surface area contributed by atoms with Gasteiger partial charge in [-0.15, -0.1) is 0 Å². The van der Waals surface area contributed by atoms with Crippen molar-refractivity contribution in [3.05, 3.63) is 23.5 Å². The highest BCUT2D eigenvalue weighted by atomic mass is 16.5. The van der Waals surface area contributed by atoms with Crippen molar-refractivity contribution >= 4 is 0 Å². The number of hydrogen-bond acceptors (Lipinski definition) is 2. The third-order valence-corrected chi connectivity index (χ3v) is 1.75. The fraction of sp³-hybridized carbons (Fsp3) is 0.600. The first kappa shape index (κ1) is 9.33. The predicted molar refractivity (Wildman–Crippen MR) is 48.7 cm³/mol. The number of aliphatic hydroxyl groups excluding tert-OH is 1. The van der Waals surface area contributed by atoms with E-state index in [0.29, 0.717) is 5.76 Å². The van der Waals surface area contributed by atoms with Crippen LogP contribution in [0.15, 0.2) is 23.5 Å². The van der Waals surface area contributed by atoms with Gasteiger partial charge in [-0.3, -0.25) is 0 Å². The Morgan fingerprint density at radius 3 is 2.92 bits per heavy atom. The number of rotatable bonds is 2. The van der Waals surface area contributed by atoms with Crippen LogP contribution in [0, 0.1) is 0 Å². The van der Waals surface area contributed by atoms with Gasteiger partial charge in [-0.1, -0.05) is 5.57 Å². The molecule has 1 unspecified atom stereocenters. The van der Waals surface area contributed by atoms with E-state index < -0.39 is 6.10 Å². The predicted octanol–water partition coefficient (Wildman–Crippen LogP) is 2.01. The molecule has 1 aliphatic rings. The second-order valence-corrected chi connectivity index (χ2v) is 3.29. The summed E-state index contributed by atoms with van der Waals surface area (Å²) < 4.78 is 5.31. The summed E-state index contributed by atoms with van der Waals surface area (Å²) in [7, 11) is 0. The standard InChI is InChI=1S/C10H16O2/c1-8(2)7-9(11)10-5-3-4-6-12-10/h5,7,9,11H,3-4,6H2,1-2H3. The Balaban J connectivity index is 2.56. The zero-order valence-corrected chi connectivity index (χ0v) is 7.71. The van der Waals surface area contributed by atoms with Crippen LogP contribution in [0.1, 0.15) is 26.7 Å². The minimum Gasteiger partial charge on any atom is -0.495 e. The molecule has 0 amide bonds. The van der Waals surface area contributed by atoms with Crippen molar-refractivity contribution in [1.29, 1.82) is 0 Å². The molecule has 0 saturated carbocycles. The van der Waals surface area contributed by atoms with E-state index in [4.69, 9.17) is 4.74 Å². The lowest BCUT2D eigenvalue weighted by molar-refractivity contribution is 0.115. The first-order valence-corrected chi connectivity index (χ1v) is 4.36. The van der Waals surface area contributed by atoms with Crippen molar-refractivity contribution in [2.45, 2.75) is 32.8 Å². The summed E-state index contributed by atoms with van der Waals surface area (Å²) in [5.41, 5.74) is 1.11. The van der Waals surface area contributed by atoms with E-state index in [2.05, 4.69) is 0 Å². The smallest absolute Gasteiger partial charge is 0.129 e. The van der Waals surface area contributed by atoms with Gasteiger partial charge < -0.3 is 9.84 Å². The third-order valence-electron chi connectivity index (χ3n) is 1.75. The fourth-order valence-corrected chi connectivity index (χ4v) is 1.18. The SMILES string of the molecule is CC(C)=CC(O)C1=CCCCO1. The Kier molecular flexibility index (Phi) is 3.35. The van der Waals surface area contributed by atoms with Crippen molar-refractivity contribution in [2.24, 2.45) is 0 Å². The minimum absolute atomic E-state index is 0.546. The highest BCUT2D eigenvalue weighted by Gasteiger charge is 2.11. The van der Waals surface area contributed by atoms with Crippen LogP contribution in [0.5, 0.6) is 0 Å². The van der Waals surface area contributed by atoms with Crippen LogP contribution in [-0.4, -0.2) is 17.8 Å². The Bertz CT molecular complexity index is 200. The second-order valence-electron chi connectivity index (χ2n) is 3.29. The van der Waals surface area contributed by atoms with Crippen molar-refractivity contribution < 1.29 is 9.84 Å². The van der Waals surface area contributed by atoms with Crippen LogP contribution in [0.3, 0.4) is 0 Å². The summed E-state index contributed by atoms with van der Waals surface area (Å²) >= 11 is 0. The van der Waals surface area contributed by atoms with Gasteiger partial charge in [0.15, 0.2) is 0 Å². The fourth-order valence-electron chi connectivity index (χ4n) is 1.18. The minimum atomic E-state index is -0.546. The molecule has 1 N–H and O–H groups in total. The van der Waals surface area contributed by atoms with Crippen LogP contribution in [0.25, 0.3) is 0 Å². The lowest BCUT2D eigenvalue weighted by Crippen LogP contribution is -2.14. The van der Waals surface area contributed by atoms with Gasteiger partial charge in [0, 0.05) is 0 Å². The largest absolute Gasteiger partial charge is 0.495 e. The molecule has 1 heterocycles. The molecule has 1 atom stereocenters. The summed E-state index contributed by atoms with van der Waals surface area (Å²) in [6, 6.07) is 0. The van der Waals surface area contributed by atoms with Crippen molar-refractivity contribution in [3.8, 4) is 0 Å². The van der Waals surface area contributed by atoms with Gasteiger partial charge in [-0.2, -0.15) is 0 Å². The molecule has 0 radical (unpaired) electrons. The number of aliphatic hydroxyl groups is 1. The maximum absolute atomic E-state index is 9.57. The van der Waals surface area contributed by atoms with Gasteiger partial charge in [-0.25, -0.2) is 0 Å². The van der Waals surface area contributed by atoms with Crippen LogP contribution in [-0.2, 0) is 4.74 Å². The van der Waals surface area contributed by atoms with Crippen molar-refractivity contribution in [1.82, 2.24) is 0 Å². The average Bonchev–Trinajstić information content (AvgIpc) is 2.05. The van der Waals surface area contributed by atoms with E-state index in [1.165, 1.54) is 0 Å². The molecule has 0 aromatic heterocycles. The van der Waals surface area contributed by atoms with Gasteiger partial charge in [0.2, 0.25) is 0 Å². The molecule has 0 fully saturated rings. The van der Waals surface area contributed by atoms with Crippen LogP contribution >= 0.6 is 0 Å². The Morgan fingerprint density at radius 1 is 1.67 bits per heavy atom. The molecule has 0 saturated heterocycles. The third kappa shape index (κ3) is 2.70. The van der Waals surface area contributed by atoms with Gasteiger partial charge in [0.05, 0.1) is 6.61 Å². The molecule has 1 aliphatic heterocycles. The van der Waals surface area contributed by atoms with Gasteiger partial charge >= 0.3 is 0 Å². The molecule has 0 aliphatic carbocycles. The molecule has 0 spiro atoms. The van der Waals surface area contributed by atoms with Gasteiger partial charge in [-0.05, 0) is 38.8 Å². The maximum Gasteiger partial charge on any atom is 0.129 e. The van der Waals surface area contributed by atoms with Crippen molar-refractivity contribution in [2.75, 3.05) is 6.61 Å².